The molecule has 0 spiro atoms. The Balaban J connectivity index is 2.16. The van der Waals surface area contributed by atoms with Crippen molar-refractivity contribution in [2.45, 2.75) is 12.4 Å². The maximum Gasteiger partial charge on any atom is 0.416 e. The maximum atomic E-state index is 13.3. The fraction of sp³-hybridized carbons (Fsp3) is 0.0909. The van der Waals surface area contributed by atoms with Gasteiger partial charge in [-0.2, -0.15) is 26.3 Å². The lowest BCUT2D eigenvalue weighted by molar-refractivity contribution is -0.143. The van der Waals surface area contributed by atoms with Gasteiger partial charge in [-0.05, 0) is 41.5 Å². The van der Waals surface area contributed by atoms with Crippen LogP contribution in [0.5, 0.6) is 0 Å². The molecule has 5 nitrogen and oxygen atoms in total. The second kappa shape index (κ2) is 7.26. The van der Waals surface area contributed by atoms with E-state index in [1.54, 1.807) is 0 Å². The van der Waals surface area contributed by atoms with Crippen LogP contribution in [0.15, 0.2) is 52.9 Å². The summed E-state index contributed by atoms with van der Waals surface area (Å²) in [5.41, 5.74) is -5.23. The molecule has 2 N–H and O–H groups in total. The summed E-state index contributed by atoms with van der Waals surface area (Å²) in [4.78, 5) is 23.2. The number of furan rings is 1. The van der Waals surface area contributed by atoms with E-state index in [4.69, 9.17) is 4.42 Å². The molecule has 0 atom stereocenters. The van der Waals surface area contributed by atoms with Crippen molar-refractivity contribution in [1.82, 2.24) is 0 Å². The Hall–Kier alpha value is -4.02. The summed E-state index contributed by atoms with van der Waals surface area (Å²) < 4.78 is 85.5. The second-order valence-corrected chi connectivity index (χ2v) is 7.05. The van der Waals surface area contributed by atoms with Crippen LogP contribution < -0.4 is 0 Å². The zero-order valence-electron chi connectivity index (χ0n) is 16.0. The summed E-state index contributed by atoms with van der Waals surface area (Å²) in [7, 11) is 0. The Labute approximate surface area is 179 Å². The number of aromatic carboxylic acids is 2. The van der Waals surface area contributed by atoms with Crippen molar-refractivity contribution in [2.24, 2.45) is 0 Å². The van der Waals surface area contributed by atoms with Gasteiger partial charge in [0.15, 0.2) is 5.58 Å². The number of carbonyl (C=O) groups is 2. The highest BCUT2D eigenvalue weighted by atomic mass is 19.4. The molecule has 0 saturated carbocycles. The molecule has 0 radical (unpaired) electrons. The molecule has 4 aromatic rings. The lowest BCUT2D eigenvalue weighted by Gasteiger charge is -2.15. The molecule has 33 heavy (non-hydrogen) atoms. The Morgan fingerprint density at radius 1 is 0.727 bits per heavy atom. The smallest absolute Gasteiger partial charge is 0.416 e. The molecule has 0 amide bonds. The summed E-state index contributed by atoms with van der Waals surface area (Å²) in [6.07, 6.45) is -10.2. The van der Waals surface area contributed by atoms with Gasteiger partial charge in [-0.1, -0.05) is 18.2 Å². The number of para-hydroxylation sites is 1. The first-order valence-corrected chi connectivity index (χ1v) is 9.03. The van der Waals surface area contributed by atoms with E-state index in [9.17, 15) is 46.1 Å². The van der Waals surface area contributed by atoms with Gasteiger partial charge < -0.3 is 14.6 Å². The zero-order valence-corrected chi connectivity index (χ0v) is 16.0. The van der Waals surface area contributed by atoms with Crippen LogP contribution in [0, 0.1) is 0 Å². The number of carboxylic acid groups (broad SMARTS) is 2. The van der Waals surface area contributed by atoms with Crippen molar-refractivity contribution in [3.05, 3.63) is 70.8 Å². The van der Waals surface area contributed by atoms with E-state index in [1.807, 2.05) is 0 Å². The number of alkyl halides is 6. The topological polar surface area (TPSA) is 87.7 Å². The van der Waals surface area contributed by atoms with Crippen LogP contribution in [0.25, 0.3) is 33.1 Å². The Kier molecular flexibility index (Phi) is 4.88. The van der Waals surface area contributed by atoms with Crippen LogP contribution in [-0.2, 0) is 12.4 Å². The number of fused-ring (bicyclic) bond motifs is 3. The van der Waals surface area contributed by atoms with Gasteiger partial charge in [0, 0.05) is 10.8 Å². The van der Waals surface area contributed by atoms with E-state index in [2.05, 4.69) is 0 Å². The largest absolute Gasteiger partial charge is 0.478 e. The molecule has 0 fully saturated rings. The summed E-state index contributed by atoms with van der Waals surface area (Å²) in [5.74, 6) is -2.90. The van der Waals surface area contributed by atoms with Gasteiger partial charge in [0.25, 0.3) is 0 Å². The first-order chi connectivity index (χ1) is 15.3. The van der Waals surface area contributed by atoms with Crippen LogP contribution in [0.4, 0.5) is 26.3 Å². The van der Waals surface area contributed by atoms with E-state index < -0.39 is 46.5 Å². The molecule has 0 aliphatic heterocycles. The van der Waals surface area contributed by atoms with E-state index in [-0.39, 0.29) is 39.1 Å². The molecule has 3 aromatic carbocycles. The summed E-state index contributed by atoms with van der Waals surface area (Å²) >= 11 is 0. The van der Waals surface area contributed by atoms with Crippen LogP contribution in [-0.4, -0.2) is 22.2 Å². The Bertz CT molecular complexity index is 1410. The quantitative estimate of drug-likeness (QED) is 0.327. The number of rotatable bonds is 3. The van der Waals surface area contributed by atoms with Crippen LogP contribution in [0.1, 0.15) is 31.8 Å². The third-order valence-electron chi connectivity index (χ3n) is 5.01. The maximum absolute atomic E-state index is 13.3. The van der Waals surface area contributed by atoms with E-state index in [0.29, 0.717) is 12.1 Å². The van der Waals surface area contributed by atoms with Gasteiger partial charge in [-0.15, -0.1) is 0 Å². The lowest BCUT2D eigenvalue weighted by Crippen LogP contribution is -2.11. The number of benzene rings is 3. The van der Waals surface area contributed by atoms with E-state index in [0.717, 1.165) is 12.1 Å². The van der Waals surface area contributed by atoms with Crippen molar-refractivity contribution >= 4 is 33.9 Å². The highest BCUT2D eigenvalue weighted by molar-refractivity contribution is 6.20. The third kappa shape index (κ3) is 3.75. The molecule has 0 unspecified atom stereocenters. The van der Waals surface area contributed by atoms with Gasteiger partial charge >= 0.3 is 24.3 Å². The Morgan fingerprint density at radius 3 is 1.79 bits per heavy atom. The van der Waals surface area contributed by atoms with Gasteiger partial charge in [-0.3, -0.25) is 0 Å². The fourth-order valence-electron chi connectivity index (χ4n) is 3.59. The minimum Gasteiger partial charge on any atom is -0.478 e. The average molecular weight is 468 g/mol. The van der Waals surface area contributed by atoms with Gasteiger partial charge in [0.1, 0.15) is 16.7 Å². The van der Waals surface area contributed by atoms with Crippen LogP contribution in [0.2, 0.25) is 0 Å². The molecule has 0 aliphatic rings. The molecule has 0 aliphatic carbocycles. The summed E-state index contributed by atoms with van der Waals surface area (Å²) in [5, 5.41) is 18.8. The first-order valence-electron chi connectivity index (χ1n) is 9.03. The minimum absolute atomic E-state index is 0.0222. The molecule has 0 saturated heterocycles. The van der Waals surface area contributed by atoms with E-state index in [1.165, 1.54) is 18.2 Å². The average Bonchev–Trinajstić information content (AvgIpc) is 3.10. The van der Waals surface area contributed by atoms with Crippen molar-refractivity contribution in [1.29, 1.82) is 0 Å². The lowest BCUT2D eigenvalue weighted by atomic mass is 9.94. The molecule has 0 bridgehead atoms. The zero-order chi connectivity index (χ0) is 24.3. The predicted molar refractivity (Wildman–Crippen MR) is 103 cm³/mol. The fourth-order valence-corrected chi connectivity index (χ4v) is 3.59. The van der Waals surface area contributed by atoms with E-state index >= 15 is 0 Å². The minimum atomic E-state index is -5.09. The molecule has 1 heterocycles. The molecule has 170 valence electrons. The first kappa shape index (κ1) is 22.2. The second-order valence-electron chi connectivity index (χ2n) is 7.05. The van der Waals surface area contributed by atoms with Gasteiger partial charge in [-0.25, -0.2) is 9.59 Å². The van der Waals surface area contributed by atoms with Crippen molar-refractivity contribution in [3.8, 4) is 11.1 Å². The van der Waals surface area contributed by atoms with Crippen molar-refractivity contribution in [3.63, 3.8) is 0 Å². The van der Waals surface area contributed by atoms with Crippen LogP contribution >= 0.6 is 0 Å². The van der Waals surface area contributed by atoms with Gasteiger partial charge in [0.05, 0.1) is 11.1 Å². The molecule has 4 rings (SSSR count). The van der Waals surface area contributed by atoms with Crippen LogP contribution in [0.3, 0.4) is 0 Å². The predicted octanol–water partition coefficient (Wildman–Crippen LogP) is 6.69. The van der Waals surface area contributed by atoms with Crippen molar-refractivity contribution in [2.75, 3.05) is 0 Å². The number of hydrogen-bond acceptors (Lipinski definition) is 3. The summed E-state index contributed by atoms with van der Waals surface area (Å²) in [6.45, 7) is 0. The standard InChI is InChI=1S/C22H10F6O5/c23-21(24,25)10-6-9(7-11(8-10)22(26,27)28)12-4-5-15(20(31)32)18-16(12)13-2-1-3-14(19(29)30)17(13)33-18/h1-8H,(H,29,30)(H,31,32). The highest BCUT2D eigenvalue weighted by Crippen LogP contribution is 2.43. The molecular formula is C22H10F6O5. The van der Waals surface area contributed by atoms with Crippen molar-refractivity contribution < 1.29 is 50.6 Å². The number of carboxylic acids is 2. The number of hydrogen-bond donors (Lipinski definition) is 2. The number of halogens is 6. The monoisotopic (exact) mass is 468 g/mol. The summed E-state index contributed by atoms with van der Waals surface area (Å²) in [6, 6.07) is 6.81. The molecular weight excluding hydrogens is 458 g/mol. The normalized spacial score (nSPS) is 12.4. The molecule has 1 aromatic heterocycles. The Morgan fingerprint density at radius 2 is 1.27 bits per heavy atom. The molecule has 11 heteroatoms. The van der Waals surface area contributed by atoms with Gasteiger partial charge in [0.2, 0.25) is 0 Å². The highest BCUT2D eigenvalue weighted by Gasteiger charge is 2.37. The third-order valence-corrected chi connectivity index (χ3v) is 5.01. The SMILES string of the molecule is O=C(O)c1cccc2c1oc1c(C(=O)O)ccc(-c3cc(C(F)(F)F)cc(C(F)(F)F)c3)c12.